The predicted molar refractivity (Wildman–Crippen MR) is 65.9 cm³/mol. The van der Waals surface area contributed by atoms with Gasteiger partial charge in [0.2, 0.25) is 5.91 Å². The van der Waals surface area contributed by atoms with E-state index in [1.54, 1.807) is 0 Å². The number of benzene rings is 1. The molecule has 88 valence electrons. The Bertz CT molecular complexity index is 346. The van der Waals surface area contributed by atoms with Gasteiger partial charge in [-0.15, -0.1) is 0 Å². The van der Waals surface area contributed by atoms with E-state index in [2.05, 4.69) is 5.32 Å². The molecule has 3 nitrogen and oxygen atoms in total. The first-order valence-electron chi connectivity index (χ1n) is 5.59. The maximum atomic E-state index is 11.9. The van der Waals surface area contributed by atoms with E-state index in [0.29, 0.717) is 0 Å². The van der Waals surface area contributed by atoms with Gasteiger partial charge in [-0.3, -0.25) is 4.79 Å². The molecule has 0 saturated heterocycles. The van der Waals surface area contributed by atoms with Gasteiger partial charge in [0.1, 0.15) is 6.04 Å². The normalized spacial score (nSPS) is 13.2. The number of carbonyl (C=O) groups excluding carboxylic acids is 1. The largest absolute Gasteiger partial charge is 0.350 e. The predicted octanol–water partition coefficient (Wildman–Crippen LogP) is 1.99. The molecule has 0 radical (unpaired) electrons. The minimum atomic E-state index is -0.591. The monoisotopic (exact) mass is 220 g/mol. The Hall–Kier alpha value is -1.35. The Labute approximate surface area is 97.0 Å². The van der Waals surface area contributed by atoms with Gasteiger partial charge in [-0.1, -0.05) is 37.3 Å². The molecule has 16 heavy (non-hydrogen) atoms. The van der Waals surface area contributed by atoms with Crippen molar-refractivity contribution in [2.24, 2.45) is 5.73 Å². The van der Waals surface area contributed by atoms with Gasteiger partial charge in [-0.2, -0.15) is 0 Å². The Morgan fingerprint density at radius 2 is 1.94 bits per heavy atom. The molecule has 1 unspecified atom stereocenters. The van der Waals surface area contributed by atoms with Crippen molar-refractivity contribution in [3.05, 3.63) is 35.9 Å². The third-order valence-corrected chi connectivity index (χ3v) is 2.79. The van der Waals surface area contributed by atoms with Crippen LogP contribution in [0.25, 0.3) is 0 Å². The number of carbonyl (C=O) groups is 1. The standard InChI is InChI=1S/C13H20N2O/c1-4-13(2,3)15-12(16)11(14)10-8-6-5-7-9-10/h5-9,11H,4,14H2,1-3H3,(H,15,16). The molecule has 0 spiro atoms. The fourth-order valence-corrected chi connectivity index (χ4v) is 1.31. The highest BCUT2D eigenvalue weighted by Crippen LogP contribution is 2.13. The molecule has 1 aromatic rings. The summed E-state index contributed by atoms with van der Waals surface area (Å²) in [5.41, 5.74) is 6.52. The lowest BCUT2D eigenvalue weighted by atomic mass is 10.00. The summed E-state index contributed by atoms with van der Waals surface area (Å²) in [5, 5.41) is 2.94. The van der Waals surface area contributed by atoms with Gasteiger partial charge in [-0.25, -0.2) is 0 Å². The Balaban J connectivity index is 2.69. The van der Waals surface area contributed by atoms with E-state index in [1.165, 1.54) is 0 Å². The topological polar surface area (TPSA) is 55.1 Å². The number of rotatable bonds is 4. The van der Waals surface area contributed by atoms with Crippen molar-refractivity contribution < 1.29 is 4.79 Å². The maximum absolute atomic E-state index is 11.9. The van der Waals surface area contributed by atoms with Crippen LogP contribution in [0.15, 0.2) is 30.3 Å². The average molecular weight is 220 g/mol. The molecule has 1 amide bonds. The van der Waals surface area contributed by atoms with E-state index in [4.69, 9.17) is 5.73 Å². The quantitative estimate of drug-likeness (QED) is 0.815. The van der Waals surface area contributed by atoms with Crippen molar-refractivity contribution in [3.63, 3.8) is 0 Å². The molecule has 0 aliphatic rings. The summed E-state index contributed by atoms with van der Waals surface area (Å²) >= 11 is 0. The maximum Gasteiger partial charge on any atom is 0.241 e. The molecule has 0 aliphatic carbocycles. The van der Waals surface area contributed by atoms with Crippen molar-refractivity contribution in [3.8, 4) is 0 Å². The van der Waals surface area contributed by atoms with Crippen LogP contribution in [0.3, 0.4) is 0 Å². The highest BCUT2D eigenvalue weighted by atomic mass is 16.2. The molecule has 1 aromatic carbocycles. The van der Waals surface area contributed by atoms with Gasteiger partial charge in [0.15, 0.2) is 0 Å². The number of nitrogens with one attached hydrogen (secondary N) is 1. The lowest BCUT2D eigenvalue weighted by Crippen LogP contribution is -2.46. The summed E-state index contributed by atoms with van der Waals surface area (Å²) in [5.74, 6) is -0.127. The minimum absolute atomic E-state index is 0.127. The van der Waals surface area contributed by atoms with Crippen molar-refractivity contribution >= 4 is 5.91 Å². The molecule has 3 heteroatoms. The smallest absolute Gasteiger partial charge is 0.241 e. The fraction of sp³-hybridized carbons (Fsp3) is 0.462. The first kappa shape index (κ1) is 12.7. The zero-order valence-electron chi connectivity index (χ0n) is 10.2. The molecule has 0 fully saturated rings. The number of nitrogens with two attached hydrogens (primary N) is 1. The summed E-state index contributed by atoms with van der Waals surface area (Å²) in [4.78, 5) is 11.9. The van der Waals surface area contributed by atoms with Crippen molar-refractivity contribution in [1.29, 1.82) is 0 Å². The highest BCUT2D eigenvalue weighted by Gasteiger charge is 2.22. The van der Waals surface area contributed by atoms with Crippen LogP contribution in [-0.4, -0.2) is 11.4 Å². The fourth-order valence-electron chi connectivity index (χ4n) is 1.31. The average Bonchev–Trinajstić information content (AvgIpc) is 2.28. The second kappa shape index (κ2) is 5.12. The summed E-state index contributed by atoms with van der Waals surface area (Å²) < 4.78 is 0. The second-order valence-electron chi connectivity index (χ2n) is 4.62. The minimum Gasteiger partial charge on any atom is -0.350 e. The van der Waals surface area contributed by atoms with Crippen LogP contribution in [-0.2, 0) is 4.79 Å². The third-order valence-electron chi connectivity index (χ3n) is 2.79. The number of amides is 1. The molecule has 0 aromatic heterocycles. The summed E-state index contributed by atoms with van der Waals surface area (Å²) in [6, 6.07) is 8.81. The molecule has 0 saturated carbocycles. The summed E-state index contributed by atoms with van der Waals surface area (Å²) in [7, 11) is 0. The lowest BCUT2D eigenvalue weighted by molar-refractivity contribution is -0.124. The molecule has 0 heterocycles. The van der Waals surface area contributed by atoms with Crippen LogP contribution < -0.4 is 11.1 Å². The van der Waals surface area contributed by atoms with Gasteiger partial charge >= 0.3 is 0 Å². The Morgan fingerprint density at radius 1 is 1.38 bits per heavy atom. The van der Waals surface area contributed by atoms with Gasteiger partial charge in [-0.05, 0) is 25.8 Å². The van der Waals surface area contributed by atoms with Gasteiger partial charge in [0, 0.05) is 5.54 Å². The molecular weight excluding hydrogens is 200 g/mol. The van der Waals surface area contributed by atoms with E-state index in [9.17, 15) is 4.79 Å². The zero-order chi connectivity index (χ0) is 12.2. The summed E-state index contributed by atoms with van der Waals surface area (Å²) in [6.45, 7) is 6.01. The van der Waals surface area contributed by atoms with Crippen LogP contribution in [0.4, 0.5) is 0 Å². The van der Waals surface area contributed by atoms with E-state index in [0.717, 1.165) is 12.0 Å². The number of hydrogen-bond donors (Lipinski definition) is 2. The van der Waals surface area contributed by atoms with E-state index in [1.807, 2.05) is 51.1 Å². The van der Waals surface area contributed by atoms with Crippen LogP contribution in [0.2, 0.25) is 0 Å². The van der Waals surface area contributed by atoms with Gasteiger partial charge in [0.25, 0.3) is 0 Å². The van der Waals surface area contributed by atoms with E-state index < -0.39 is 6.04 Å². The van der Waals surface area contributed by atoms with Gasteiger partial charge in [0.05, 0.1) is 0 Å². The van der Waals surface area contributed by atoms with Crippen LogP contribution in [0, 0.1) is 0 Å². The molecule has 1 rings (SSSR count). The molecule has 1 atom stereocenters. The summed E-state index contributed by atoms with van der Waals surface area (Å²) in [6.07, 6.45) is 0.875. The molecule has 3 N–H and O–H groups in total. The van der Waals surface area contributed by atoms with Crippen molar-refractivity contribution in [2.45, 2.75) is 38.8 Å². The third kappa shape index (κ3) is 3.35. The van der Waals surface area contributed by atoms with E-state index >= 15 is 0 Å². The number of hydrogen-bond acceptors (Lipinski definition) is 2. The first-order chi connectivity index (χ1) is 7.46. The van der Waals surface area contributed by atoms with Gasteiger partial charge < -0.3 is 11.1 Å². The lowest BCUT2D eigenvalue weighted by Gasteiger charge is -2.26. The first-order valence-corrected chi connectivity index (χ1v) is 5.59. The van der Waals surface area contributed by atoms with Crippen molar-refractivity contribution in [2.75, 3.05) is 0 Å². The Morgan fingerprint density at radius 3 is 2.44 bits per heavy atom. The van der Waals surface area contributed by atoms with Crippen molar-refractivity contribution in [1.82, 2.24) is 5.32 Å². The molecule has 0 aliphatic heterocycles. The molecule has 0 bridgehead atoms. The molecular formula is C13H20N2O. The van der Waals surface area contributed by atoms with Crippen LogP contribution in [0.1, 0.15) is 38.8 Å². The van der Waals surface area contributed by atoms with Crippen LogP contribution >= 0.6 is 0 Å². The SMILES string of the molecule is CCC(C)(C)NC(=O)C(N)c1ccccc1. The van der Waals surface area contributed by atoms with E-state index in [-0.39, 0.29) is 11.4 Å². The zero-order valence-corrected chi connectivity index (χ0v) is 10.2. The van der Waals surface area contributed by atoms with Crippen LogP contribution in [0.5, 0.6) is 0 Å². The highest BCUT2D eigenvalue weighted by molar-refractivity contribution is 5.83. The Kier molecular flexibility index (Phi) is 4.07. The second-order valence-corrected chi connectivity index (χ2v) is 4.62.